The van der Waals surface area contributed by atoms with Crippen LogP contribution < -0.4 is 5.73 Å². The molecule has 0 radical (unpaired) electrons. The summed E-state index contributed by atoms with van der Waals surface area (Å²) in [6.07, 6.45) is 3.95. The van der Waals surface area contributed by atoms with Gasteiger partial charge in [0.15, 0.2) is 6.29 Å². The highest BCUT2D eigenvalue weighted by Crippen LogP contribution is 2.31. The fraction of sp³-hybridized carbons (Fsp3) is 0.250. The van der Waals surface area contributed by atoms with Crippen LogP contribution in [-0.4, -0.2) is 19.4 Å². The zero-order valence-electron chi connectivity index (χ0n) is 9.17. The molecule has 1 fully saturated rings. The molecule has 17 heavy (non-hydrogen) atoms. The Kier molecular flexibility index (Phi) is 3.85. The molecule has 90 valence electrons. The average Bonchev–Trinajstić information content (AvgIpc) is 2.85. The minimum atomic E-state index is -0.542. The predicted molar refractivity (Wildman–Crippen MR) is 62.5 cm³/mol. The molecule has 1 aromatic carbocycles. The molecule has 4 nitrogen and oxygen atoms in total. The van der Waals surface area contributed by atoms with Crippen molar-refractivity contribution in [2.24, 2.45) is 10.7 Å². The molecule has 1 saturated heterocycles. The van der Waals surface area contributed by atoms with Crippen molar-refractivity contribution in [2.75, 3.05) is 13.2 Å². The van der Waals surface area contributed by atoms with Gasteiger partial charge in [-0.05, 0) is 30.5 Å². The molecule has 0 amide bonds. The first-order valence-electron chi connectivity index (χ1n) is 5.25. The fourth-order valence-corrected chi connectivity index (χ4v) is 1.54. The molecule has 0 saturated carbocycles. The summed E-state index contributed by atoms with van der Waals surface area (Å²) in [6, 6.07) is 4.29. The van der Waals surface area contributed by atoms with Crippen LogP contribution in [0.3, 0.4) is 0 Å². The van der Waals surface area contributed by atoms with Gasteiger partial charge < -0.3 is 15.2 Å². The number of hydrogen-bond donors (Lipinski definition) is 1. The molecule has 0 bridgehead atoms. The van der Waals surface area contributed by atoms with Gasteiger partial charge in [0.1, 0.15) is 5.82 Å². The van der Waals surface area contributed by atoms with E-state index in [4.69, 9.17) is 15.2 Å². The van der Waals surface area contributed by atoms with Crippen molar-refractivity contribution in [3.8, 4) is 0 Å². The average molecular weight is 236 g/mol. The van der Waals surface area contributed by atoms with Crippen LogP contribution in [0.15, 0.2) is 35.5 Å². The SMILES string of the molecule is NC=CC=Nc1ccc(F)cc1C1OCCO1. The first-order chi connectivity index (χ1) is 8.31. The Morgan fingerprint density at radius 2 is 2.12 bits per heavy atom. The highest BCUT2D eigenvalue weighted by molar-refractivity contribution is 5.75. The summed E-state index contributed by atoms with van der Waals surface area (Å²) < 4.78 is 23.9. The Hall–Kier alpha value is -1.72. The number of nitrogens with two attached hydrogens (primary N) is 1. The number of aliphatic imine (C=N–C) groups is 1. The van der Waals surface area contributed by atoms with Gasteiger partial charge in [0.2, 0.25) is 0 Å². The van der Waals surface area contributed by atoms with Crippen LogP contribution >= 0.6 is 0 Å². The van der Waals surface area contributed by atoms with Crippen molar-refractivity contribution in [1.29, 1.82) is 0 Å². The summed E-state index contributed by atoms with van der Waals surface area (Å²) in [7, 11) is 0. The van der Waals surface area contributed by atoms with E-state index in [0.29, 0.717) is 24.5 Å². The summed E-state index contributed by atoms with van der Waals surface area (Å²) in [5.41, 5.74) is 6.39. The number of ether oxygens (including phenoxy) is 2. The lowest BCUT2D eigenvalue weighted by molar-refractivity contribution is -0.0438. The van der Waals surface area contributed by atoms with Gasteiger partial charge in [0.25, 0.3) is 0 Å². The zero-order chi connectivity index (χ0) is 12.1. The molecule has 1 aliphatic rings. The molecule has 0 atom stereocenters. The third-order valence-electron chi connectivity index (χ3n) is 2.28. The topological polar surface area (TPSA) is 56.8 Å². The van der Waals surface area contributed by atoms with Crippen LogP contribution in [0, 0.1) is 5.82 Å². The minimum absolute atomic E-state index is 0.340. The van der Waals surface area contributed by atoms with E-state index in [1.54, 1.807) is 12.1 Å². The predicted octanol–water partition coefficient (Wildman–Crippen LogP) is 2.05. The van der Waals surface area contributed by atoms with Crippen molar-refractivity contribution in [2.45, 2.75) is 6.29 Å². The number of nitrogens with zero attached hydrogens (tertiary/aromatic N) is 1. The molecule has 0 aromatic heterocycles. The maximum Gasteiger partial charge on any atom is 0.186 e. The molecule has 0 unspecified atom stereocenters. The molecular formula is C12H13FN2O2. The largest absolute Gasteiger partial charge is 0.405 e. The van der Waals surface area contributed by atoms with Gasteiger partial charge in [0, 0.05) is 11.8 Å². The van der Waals surface area contributed by atoms with Gasteiger partial charge in [-0.1, -0.05) is 0 Å². The summed E-state index contributed by atoms with van der Waals surface area (Å²) >= 11 is 0. The van der Waals surface area contributed by atoms with Gasteiger partial charge in [-0.15, -0.1) is 0 Å². The Morgan fingerprint density at radius 1 is 1.35 bits per heavy atom. The van der Waals surface area contributed by atoms with Crippen molar-refractivity contribution in [3.05, 3.63) is 41.9 Å². The number of benzene rings is 1. The maximum atomic E-state index is 13.2. The van der Waals surface area contributed by atoms with Crippen LogP contribution in [0.2, 0.25) is 0 Å². The first kappa shape index (κ1) is 11.8. The molecule has 2 N–H and O–H groups in total. The number of rotatable bonds is 3. The normalized spacial score (nSPS) is 17.5. The van der Waals surface area contributed by atoms with Crippen LogP contribution in [0.25, 0.3) is 0 Å². The van der Waals surface area contributed by atoms with Gasteiger partial charge >= 0.3 is 0 Å². The van der Waals surface area contributed by atoms with Crippen LogP contribution in [0.1, 0.15) is 11.9 Å². The van der Waals surface area contributed by atoms with Crippen LogP contribution in [0.4, 0.5) is 10.1 Å². The summed E-state index contributed by atoms with van der Waals surface area (Å²) in [5.74, 6) is -0.340. The maximum absolute atomic E-state index is 13.2. The lowest BCUT2D eigenvalue weighted by atomic mass is 10.1. The smallest absolute Gasteiger partial charge is 0.186 e. The number of halogens is 1. The van der Waals surface area contributed by atoms with Gasteiger partial charge in [0.05, 0.1) is 18.9 Å². The van der Waals surface area contributed by atoms with Gasteiger partial charge in [-0.2, -0.15) is 0 Å². The van der Waals surface area contributed by atoms with E-state index in [1.807, 2.05) is 0 Å². The molecule has 5 heteroatoms. The first-order valence-corrected chi connectivity index (χ1v) is 5.25. The van der Waals surface area contributed by atoms with Gasteiger partial charge in [-0.25, -0.2) is 4.39 Å². The summed E-state index contributed by atoms with van der Waals surface area (Å²) in [5, 5.41) is 0. The third-order valence-corrected chi connectivity index (χ3v) is 2.28. The Balaban J connectivity index is 2.29. The lowest BCUT2D eigenvalue weighted by Crippen LogP contribution is -1.99. The van der Waals surface area contributed by atoms with Crippen molar-refractivity contribution in [3.63, 3.8) is 0 Å². The van der Waals surface area contributed by atoms with E-state index >= 15 is 0 Å². The van der Waals surface area contributed by atoms with E-state index in [0.717, 1.165) is 0 Å². The Labute approximate surface area is 98.6 Å². The molecule has 2 rings (SSSR count). The molecule has 0 aliphatic carbocycles. The quantitative estimate of drug-likeness (QED) is 0.817. The standard InChI is InChI=1S/C12H13FN2O2/c13-9-2-3-11(15-5-1-4-14)10(8-9)12-16-6-7-17-12/h1-5,8,12H,6-7,14H2. The third kappa shape index (κ3) is 2.89. The highest BCUT2D eigenvalue weighted by Gasteiger charge is 2.21. The van der Waals surface area contributed by atoms with Crippen molar-refractivity contribution >= 4 is 11.9 Å². The van der Waals surface area contributed by atoms with Crippen molar-refractivity contribution in [1.82, 2.24) is 0 Å². The molecule has 1 aromatic rings. The fourth-order valence-electron chi connectivity index (χ4n) is 1.54. The monoisotopic (exact) mass is 236 g/mol. The van der Waals surface area contributed by atoms with E-state index < -0.39 is 6.29 Å². The van der Waals surface area contributed by atoms with E-state index in [-0.39, 0.29) is 5.82 Å². The van der Waals surface area contributed by atoms with Crippen LogP contribution in [-0.2, 0) is 9.47 Å². The van der Waals surface area contributed by atoms with E-state index in [1.165, 1.54) is 24.5 Å². The summed E-state index contributed by atoms with van der Waals surface area (Å²) in [4.78, 5) is 4.16. The lowest BCUT2D eigenvalue weighted by Gasteiger charge is -2.11. The van der Waals surface area contributed by atoms with E-state index in [2.05, 4.69) is 4.99 Å². The second-order valence-corrected chi connectivity index (χ2v) is 3.44. The van der Waals surface area contributed by atoms with E-state index in [9.17, 15) is 4.39 Å². The minimum Gasteiger partial charge on any atom is -0.405 e. The van der Waals surface area contributed by atoms with Gasteiger partial charge in [-0.3, -0.25) is 4.99 Å². The van der Waals surface area contributed by atoms with Crippen molar-refractivity contribution < 1.29 is 13.9 Å². The Morgan fingerprint density at radius 3 is 2.82 bits per heavy atom. The molecule has 1 aliphatic heterocycles. The molecular weight excluding hydrogens is 223 g/mol. The zero-order valence-corrected chi connectivity index (χ0v) is 9.17. The second-order valence-electron chi connectivity index (χ2n) is 3.44. The Bertz CT molecular complexity index is 440. The molecule has 1 heterocycles. The van der Waals surface area contributed by atoms with Crippen LogP contribution in [0.5, 0.6) is 0 Å². The number of allylic oxidation sites excluding steroid dienone is 1. The summed E-state index contributed by atoms with van der Waals surface area (Å²) in [6.45, 7) is 1.01. The highest BCUT2D eigenvalue weighted by atomic mass is 19.1. The second kappa shape index (κ2) is 5.56. The molecule has 0 spiro atoms. The number of hydrogen-bond acceptors (Lipinski definition) is 4.